The number of rotatable bonds is 62. The van der Waals surface area contributed by atoms with Crippen molar-refractivity contribution in [3.8, 4) is 0 Å². The smallest absolute Gasteiger partial charge is 0.306 e. The van der Waals surface area contributed by atoms with Crippen molar-refractivity contribution < 1.29 is 28.6 Å². The predicted octanol–water partition coefficient (Wildman–Crippen LogP) is 23.4. The van der Waals surface area contributed by atoms with Crippen molar-refractivity contribution in [2.45, 2.75) is 348 Å². The first-order valence-electron chi connectivity index (χ1n) is 34.1. The highest BCUT2D eigenvalue weighted by Gasteiger charge is 2.19. The molecule has 0 saturated carbocycles. The van der Waals surface area contributed by atoms with Gasteiger partial charge in [-0.2, -0.15) is 0 Å². The fourth-order valence-electron chi connectivity index (χ4n) is 9.84. The van der Waals surface area contributed by atoms with Crippen LogP contribution in [-0.4, -0.2) is 37.2 Å². The van der Waals surface area contributed by atoms with Crippen LogP contribution in [0.4, 0.5) is 0 Å². The lowest BCUT2D eigenvalue weighted by molar-refractivity contribution is -0.167. The zero-order valence-electron chi connectivity index (χ0n) is 52.4. The molecule has 0 aliphatic heterocycles. The number of esters is 3. The van der Waals surface area contributed by atoms with Crippen LogP contribution >= 0.6 is 0 Å². The van der Waals surface area contributed by atoms with Crippen molar-refractivity contribution in [1.29, 1.82) is 0 Å². The monoisotopic (exact) mass is 1100 g/mol. The van der Waals surface area contributed by atoms with Crippen LogP contribution in [0, 0.1) is 0 Å². The first-order valence-corrected chi connectivity index (χ1v) is 34.1. The van der Waals surface area contributed by atoms with Crippen LogP contribution in [0.3, 0.4) is 0 Å². The minimum Gasteiger partial charge on any atom is -0.462 e. The summed E-state index contributed by atoms with van der Waals surface area (Å²) < 4.78 is 17.0. The quantitative estimate of drug-likeness (QED) is 0.0261. The number of ether oxygens (including phenoxy) is 3. The third-order valence-electron chi connectivity index (χ3n) is 14.9. The lowest BCUT2D eigenvalue weighted by Crippen LogP contribution is -2.30. The van der Waals surface area contributed by atoms with Crippen LogP contribution in [0.2, 0.25) is 0 Å². The summed E-state index contributed by atoms with van der Waals surface area (Å²) in [6, 6.07) is 0. The second kappa shape index (κ2) is 67.1. The van der Waals surface area contributed by atoms with E-state index in [-0.39, 0.29) is 31.1 Å². The molecule has 0 bridgehead atoms. The normalized spacial score (nSPS) is 12.6. The molecule has 1 unspecified atom stereocenters. The van der Waals surface area contributed by atoms with Gasteiger partial charge in [-0.15, -0.1) is 0 Å². The van der Waals surface area contributed by atoms with E-state index < -0.39 is 6.10 Å². The van der Waals surface area contributed by atoms with Crippen molar-refractivity contribution in [1.82, 2.24) is 0 Å². The van der Waals surface area contributed by atoms with Crippen LogP contribution in [0.15, 0.2) is 85.1 Å². The molecular weight excluding hydrogens is 973 g/mol. The van der Waals surface area contributed by atoms with Crippen molar-refractivity contribution in [2.75, 3.05) is 13.2 Å². The van der Waals surface area contributed by atoms with Crippen LogP contribution in [0.25, 0.3) is 0 Å². The van der Waals surface area contributed by atoms with Gasteiger partial charge in [0, 0.05) is 19.3 Å². The Morgan fingerprint density at radius 1 is 0.266 bits per heavy atom. The molecule has 0 radical (unpaired) electrons. The molecule has 0 aromatic heterocycles. The molecular formula is C73H128O6. The molecule has 6 nitrogen and oxygen atoms in total. The number of unbranched alkanes of at least 4 members (excludes halogenated alkanes) is 37. The van der Waals surface area contributed by atoms with Gasteiger partial charge >= 0.3 is 17.9 Å². The molecule has 0 fully saturated rings. The zero-order chi connectivity index (χ0) is 57.1. The predicted molar refractivity (Wildman–Crippen MR) is 344 cm³/mol. The van der Waals surface area contributed by atoms with E-state index in [0.717, 1.165) is 109 Å². The van der Waals surface area contributed by atoms with E-state index in [1.54, 1.807) is 0 Å². The van der Waals surface area contributed by atoms with Crippen molar-refractivity contribution in [2.24, 2.45) is 0 Å². The molecule has 0 heterocycles. The van der Waals surface area contributed by atoms with E-state index in [4.69, 9.17) is 14.2 Å². The highest BCUT2D eigenvalue weighted by atomic mass is 16.6. The Morgan fingerprint density at radius 2 is 0.494 bits per heavy atom. The Labute approximate surface area is 490 Å². The van der Waals surface area contributed by atoms with Gasteiger partial charge in [0.2, 0.25) is 0 Å². The summed E-state index contributed by atoms with van der Waals surface area (Å²) in [5, 5.41) is 0. The van der Waals surface area contributed by atoms with Gasteiger partial charge in [0.1, 0.15) is 13.2 Å². The summed E-state index contributed by atoms with van der Waals surface area (Å²) in [7, 11) is 0. The standard InChI is InChI=1S/C73H128O6/c1-4-7-10-13-16-19-22-25-28-31-33-34-35-36-37-38-40-42-45-48-51-54-57-60-63-66-72(75)78-69-70(68-77-71(74)65-62-59-56-53-50-47-44-41-30-27-24-21-18-15-12-9-6-3)79-73(76)67-64-61-58-55-52-49-46-43-39-32-29-26-23-20-17-14-11-8-5-2/h7,10,16,19,25,28,33-34,36-37,40,42,48,51,70H,4-6,8-9,11-15,17-18,20-24,26-27,29-32,35,38-39,41,43-47,49-50,52-69H2,1-3H3/b10-7-,19-16-,28-25-,34-33-,37-36-,42-40-,51-48-. The van der Waals surface area contributed by atoms with Crippen LogP contribution in [-0.2, 0) is 28.6 Å². The van der Waals surface area contributed by atoms with Gasteiger partial charge < -0.3 is 14.2 Å². The SMILES string of the molecule is CC/C=C\C/C=C\C/C=C\C/C=C\C/C=C\C/C=C\C/C=C\CCCCCC(=O)OCC(COC(=O)CCCCCCCCCCCCCCCCCCC)OC(=O)CCCCCCCCCCCCCCCCCCCCC. The van der Waals surface area contributed by atoms with Gasteiger partial charge in [0.15, 0.2) is 6.10 Å². The van der Waals surface area contributed by atoms with Crippen LogP contribution < -0.4 is 0 Å². The Balaban J connectivity index is 4.41. The van der Waals surface area contributed by atoms with Gasteiger partial charge in [-0.25, -0.2) is 0 Å². The minimum atomic E-state index is -0.789. The summed E-state index contributed by atoms with van der Waals surface area (Å²) in [4.78, 5) is 38.4. The Hall–Kier alpha value is -3.41. The van der Waals surface area contributed by atoms with Gasteiger partial charge in [-0.1, -0.05) is 331 Å². The lowest BCUT2D eigenvalue weighted by atomic mass is 10.0. The molecule has 0 saturated heterocycles. The molecule has 0 aliphatic rings. The molecule has 0 N–H and O–H groups in total. The lowest BCUT2D eigenvalue weighted by Gasteiger charge is -2.18. The number of hydrogen-bond acceptors (Lipinski definition) is 6. The third kappa shape index (κ3) is 65.3. The largest absolute Gasteiger partial charge is 0.462 e. The van der Waals surface area contributed by atoms with E-state index in [0.29, 0.717) is 19.3 Å². The third-order valence-corrected chi connectivity index (χ3v) is 14.9. The van der Waals surface area contributed by atoms with E-state index >= 15 is 0 Å². The molecule has 6 heteroatoms. The summed E-state index contributed by atoms with van der Waals surface area (Å²) >= 11 is 0. The van der Waals surface area contributed by atoms with E-state index in [2.05, 4.69) is 106 Å². The maximum atomic E-state index is 12.9. The summed E-state index contributed by atoms with van der Waals surface area (Å²) in [5.41, 5.74) is 0. The molecule has 79 heavy (non-hydrogen) atoms. The van der Waals surface area contributed by atoms with Crippen molar-refractivity contribution >= 4 is 17.9 Å². The Bertz CT molecular complexity index is 1500. The van der Waals surface area contributed by atoms with E-state index in [1.165, 1.54) is 193 Å². The first kappa shape index (κ1) is 75.6. The van der Waals surface area contributed by atoms with Gasteiger partial charge in [0.05, 0.1) is 0 Å². The molecule has 0 rings (SSSR count). The summed E-state index contributed by atoms with van der Waals surface area (Å²) in [5.74, 6) is -0.896. The maximum absolute atomic E-state index is 12.9. The van der Waals surface area contributed by atoms with Gasteiger partial charge in [-0.05, 0) is 77.0 Å². The first-order chi connectivity index (χ1) is 39.0. The Morgan fingerprint density at radius 3 is 0.772 bits per heavy atom. The van der Waals surface area contributed by atoms with Crippen LogP contribution in [0.5, 0.6) is 0 Å². The fraction of sp³-hybridized carbons (Fsp3) is 0.767. The minimum absolute atomic E-state index is 0.0824. The Kier molecular flexibility index (Phi) is 64.2. The van der Waals surface area contributed by atoms with Crippen molar-refractivity contribution in [3.63, 3.8) is 0 Å². The number of hydrogen-bond donors (Lipinski definition) is 0. The average molecular weight is 1100 g/mol. The van der Waals surface area contributed by atoms with E-state index in [9.17, 15) is 14.4 Å². The zero-order valence-corrected chi connectivity index (χ0v) is 52.4. The van der Waals surface area contributed by atoms with Crippen molar-refractivity contribution in [3.05, 3.63) is 85.1 Å². The number of carbonyl (C=O) groups excluding carboxylic acids is 3. The molecule has 0 aromatic rings. The summed E-state index contributed by atoms with van der Waals surface area (Å²) in [6.07, 6.45) is 88.8. The molecule has 456 valence electrons. The van der Waals surface area contributed by atoms with Gasteiger partial charge in [-0.3, -0.25) is 14.4 Å². The fourth-order valence-corrected chi connectivity index (χ4v) is 9.84. The topological polar surface area (TPSA) is 78.9 Å². The average Bonchev–Trinajstić information content (AvgIpc) is 3.45. The van der Waals surface area contributed by atoms with Crippen LogP contribution in [0.1, 0.15) is 342 Å². The van der Waals surface area contributed by atoms with E-state index in [1.807, 2.05) is 0 Å². The highest BCUT2D eigenvalue weighted by Crippen LogP contribution is 2.18. The maximum Gasteiger partial charge on any atom is 0.306 e. The molecule has 0 amide bonds. The number of allylic oxidation sites excluding steroid dienone is 14. The van der Waals surface area contributed by atoms with Gasteiger partial charge in [0.25, 0.3) is 0 Å². The molecule has 0 aliphatic carbocycles. The molecule has 0 spiro atoms. The summed E-state index contributed by atoms with van der Waals surface area (Å²) in [6.45, 7) is 6.56. The highest BCUT2D eigenvalue weighted by molar-refractivity contribution is 5.71. The molecule has 1 atom stereocenters. The second-order valence-electron chi connectivity index (χ2n) is 22.7. The second-order valence-corrected chi connectivity index (χ2v) is 22.7. The molecule has 0 aromatic carbocycles. The number of carbonyl (C=O) groups is 3.